The summed E-state index contributed by atoms with van der Waals surface area (Å²) in [7, 11) is 0. The van der Waals surface area contributed by atoms with E-state index in [0.29, 0.717) is 0 Å². The van der Waals surface area contributed by atoms with Gasteiger partial charge in [-0.3, -0.25) is 0 Å². The molecule has 0 bridgehead atoms. The van der Waals surface area contributed by atoms with Crippen molar-refractivity contribution in [1.82, 2.24) is 4.98 Å². The number of aromatic nitrogens is 1. The summed E-state index contributed by atoms with van der Waals surface area (Å²) in [5, 5.41) is 2.49. The first-order chi connectivity index (χ1) is 5.42. The summed E-state index contributed by atoms with van der Waals surface area (Å²) in [5.41, 5.74) is 1.28. The van der Waals surface area contributed by atoms with Crippen LogP contribution in [0.5, 0.6) is 0 Å². The molecule has 0 spiro atoms. The van der Waals surface area contributed by atoms with Gasteiger partial charge in [0.15, 0.2) is 0 Å². The molecule has 0 aliphatic rings. The standard InChI is InChI=1S/C10H10N/c1-2-10-9-6-4-3-5-8(9)7-11-10/h3-6,11H,2H2,1H3. The Morgan fingerprint density at radius 2 is 2.18 bits per heavy atom. The third kappa shape index (κ3) is 0.929. The minimum absolute atomic E-state index is 1.05. The molecular weight excluding hydrogens is 134 g/mol. The molecule has 0 aliphatic carbocycles. The molecule has 2 rings (SSSR count). The van der Waals surface area contributed by atoms with E-state index in [1.54, 1.807) is 0 Å². The van der Waals surface area contributed by atoms with Crippen molar-refractivity contribution >= 4 is 10.8 Å². The fraction of sp³-hybridized carbons (Fsp3) is 0.200. The number of rotatable bonds is 1. The van der Waals surface area contributed by atoms with Crippen molar-refractivity contribution in [3.05, 3.63) is 36.2 Å². The van der Waals surface area contributed by atoms with E-state index in [-0.39, 0.29) is 0 Å². The first-order valence-corrected chi connectivity index (χ1v) is 3.89. The van der Waals surface area contributed by atoms with Gasteiger partial charge in [0, 0.05) is 16.5 Å². The van der Waals surface area contributed by atoms with Gasteiger partial charge in [0.1, 0.15) is 0 Å². The van der Waals surface area contributed by atoms with Crippen LogP contribution < -0.4 is 0 Å². The minimum Gasteiger partial charge on any atom is -0.356 e. The van der Waals surface area contributed by atoms with Crippen LogP contribution in [0.15, 0.2) is 24.3 Å². The van der Waals surface area contributed by atoms with Gasteiger partial charge < -0.3 is 4.98 Å². The zero-order valence-corrected chi connectivity index (χ0v) is 6.52. The number of aryl methyl sites for hydroxylation is 1. The molecule has 1 aromatic carbocycles. The highest BCUT2D eigenvalue weighted by molar-refractivity contribution is 5.84. The maximum Gasteiger partial charge on any atom is 0.0707 e. The minimum atomic E-state index is 1.05. The number of aromatic amines is 1. The van der Waals surface area contributed by atoms with Crippen molar-refractivity contribution in [2.45, 2.75) is 13.3 Å². The molecule has 2 aromatic rings. The molecule has 0 amide bonds. The normalized spacial score (nSPS) is 10.6. The van der Waals surface area contributed by atoms with Crippen molar-refractivity contribution in [3.63, 3.8) is 0 Å². The number of H-pyrrole nitrogens is 1. The predicted octanol–water partition coefficient (Wildman–Crippen LogP) is 2.53. The summed E-state index contributed by atoms with van der Waals surface area (Å²) in [6, 6.07) is 8.29. The Bertz CT molecular complexity index is 360. The molecule has 0 atom stereocenters. The zero-order valence-electron chi connectivity index (χ0n) is 6.52. The van der Waals surface area contributed by atoms with Crippen LogP contribution in [-0.2, 0) is 6.42 Å². The fourth-order valence-electron chi connectivity index (χ4n) is 1.34. The van der Waals surface area contributed by atoms with Crippen LogP contribution in [-0.4, -0.2) is 4.98 Å². The lowest BCUT2D eigenvalue weighted by Crippen LogP contribution is -1.77. The van der Waals surface area contributed by atoms with E-state index in [1.807, 2.05) is 6.07 Å². The molecule has 0 saturated carbocycles. The molecule has 1 heteroatoms. The molecule has 11 heavy (non-hydrogen) atoms. The van der Waals surface area contributed by atoms with E-state index < -0.39 is 0 Å². The second kappa shape index (κ2) is 2.42. The van der Waals surface area contributed by atoms with Gasteiger partial charge in [-0.15, -0.1) is 0 Å². The Balaban J connectivity index is 2.76. The summed E-state index contributed by atoms with van der Waals surface area (Å²) in [6.07, 6.45) is 4.16. The Hall–Kier alpha value is -1.24. The van der Waals surface area contributed by atoms with E-state index in [2.05, 4.69) is 36.3 Å². The third-order valence-corrected chi connectivity index (χ3v) is 1.95. The van der Waals surface area contributed by atoms with Gasteiger partial charge in [0.05, 0.1) is 6.20 Å². The Labute approximate surface area is 66.1 Å². The number of nitrogens with one attached hydrogen (secondary N) is 1. The Kier molecular flexibility index (Phi) is 1.42. The van der Waals surface area contributed by atoms with Crippen molar-refractivity contribution in [1.29, 1.82) is 0 Å². The third-order valence-electron chi connectivity index (χ3n) is 1.95. The van der Waals surface area contributed by atoms with Crippen LogP contribution in [0.1, 0.15) is 12.6 Å². The molecule has 1 radical (unpaired) electrons. The van der Waals surface area contributed by atoms with E-state index >= 15 is 0 Å². The van der Waals surface area contributed by atoms with Gasteiger partial charge in [-0.2, -0.15) is 0 Å². The predicted molar refractivity (Wildman–Crippen MR) is 46.5 cm³/mol. The molecule has 0 unspecified atom stereocenters. The largest absolute Gasteiger partial charge is 0.356 e. The van der Waals surface area contributed by atoms with Crippen molar-refractivity contribution < 1.29 is 0 Å². The van der Waals surface area contributed by atoms with Gasteiger partial charge in [-0.25, -0.2) is 0 Å². The van der Waals surface area contributed by atoms with Gasteiger partial charge in [0.25, 0.3) is 0 Å². The van der Waals surface area contributed by atoms with Crippen LogP contribution in [0.3, 0.4) is 0 Å². The highest BCUT2D eigenvalue weighted by atomic mass is 14.7. The molecule has 0 fully saturated rings. The smallest absolute Gasteiger partial charge is 0.0707 e. The van der Waals surface area contributed by atoms with Crippen molar-refractivity contribution in [3.8, 4) is 0 Å². The van der Waals surface area contributed by atoms with Crippen LogP contribution >= 0.6 is 0 Å². The average molecular weight is 144 g/mol. The number of fused-ring (bicyclic) bond motifs is 1. The van der Waals surface area contributed by atoms with E-state index in [4.69, 9.17) is 0 Å². The summed E-state index contributed by atoms with van der Waals surface area (Å²) in [4.78, 5) is 3.14. The number of benzene rings is 1. The molecule has 55 valence electrons. The lowest BCUT2D eigenvalue weighted by Gasteiger charge is -1.91. The molecule has 1 heterocycles. The van der Waals surface area contributed by atoms with E-state index in [9.17, 15) is 0 Å². The Morgan fingerprint density at radius 1 is 1.36 bits per heavy atom. The first-order valence-electron chi connectivity index (χ1n) is 3.89. The maximum atomic E-state index is 3.14. The average Bonchev–Trinajstić information content (AvgIpc) is 2.47. The van der Waals surface area contributed by atoms with Crippen LogP contribution in [0.4, 0.5) is 0 Å². The summed E-state index contributed by atoms with van der Waals surface area (Å²) in [5.74, 6) is 0. The highest BCUT2D eigenvalue weighted by Crippen LogP contribution is 2.16. The Morgan fingerprint density at radius 3 is 3.00 bits per heavy atom. The van der Waals surface area contributed by atoms with Crippen molar-refractivity contribution in [2.24, 2.45) is 0 Å². The molecule has 0 saturated heterocycles. The number of hydrogen-bond acceptors (Lipinski definition) is 0. The lowest BCUT2D eigenvalue weighted by atomic mass is 10.1. The van der Waals surface area contributed by atoms with Crippen LogP contribution in [0.25, 0.3) is 10.8 Å². The SMILES string of the molecule is CCc1[nH][c]c2ccccc12. The van der Waals surface area contributed by atoms with Gasteiger partial charge in [0.2, 0.25) is 0 Å². The molecule has 1 aromatic heterocycles. The topological polar surface area (TPSA) is 15.8 Å². The van der Waals surface area contributed by atoms with Crippen LogP contribution in [0.2, 0.25) is 0 Å². The molecule has 0 aliphatic heterocycles. The lowest BCUT2D eigenvalue weighted by molar-refractivity contribution is 1.07. The molecular formula is C10H10N. The maximum absolute atomic E-state index is 3.14. The molecule has 1 nitrogen and oxygen atoms in total. The van der Waals surface area contributed by atoms with Crippen LogP contribution in [0, 0.1) is 6.20 Å². The van der Waals surface area contributed by atoms with E-state index in [1.165, 1.54) is 16.5 Å². The fourth-order valence-corrected chi connectivity index (χ4v) is 1.34. The summed E-state index contributed by atoms with van der Waals surface area (Å²) >= 11 is 0. The second-order valence-corrected chi connectivity index (χ2v) is 2.63. The van der Waals surface area contributed by atoms with Crippen molar-refractivity contribution in [2.75, 3.05) is 0 Å². The quantitative estimate of drug-likeness (QED) is 0.633. The first kappa shape index (κ1) is 6.47. The molecule has 1 N–H and O–H groups in total. The number of hydrogen-bond donors (Lipinski definition) is 1. The van der Waals surface area contributed by atoms with E-state index in [0.717, 1.165) is 6.42 Å². The van der Waals surface area contributed by atoms with Gasteiger partial charge in [-0.05, 0) is 6.42 Å². The highest BCUT2D eigenvalue weighted by Gasteiger charge is 1.98. The monoisotopic (exact) mass is 144 g/mol. The zero-order chi connectivity index (χ0) is 7.68. The van der Waals surface area contributed by atoms with Gasteiger partial charge >= 0.3 is 0 Å². The second-order valence-electron chi connectivity index (χ2n) is 2.63. The summed E-state index contributed by atoms with van der Waals surface area (Å²) < 4.78 is 0. The summed E-state index contributed by atoms with van der Waals surface area (Å²) in [6.45, 7) is 2.14. The van der Waals surface area contributed by atoms with Gasteiger partial charge in [-0.1, -0.05) is 31.2 Å².